The molecule has 0 aliphatic carbocycles. The van der Waals surface area contributed by atoms with Gasteiger partial charge in [0.2, 0.25) is 5.91 Å². The molecular weight excluding hydrogens is 312 g/mol. The summed E-state index contributed by atoms with van der Waals surface area (Å²) in [7, 11) is 3.48. The van der Waals surface area contributed by atoms with Crippen molar-refractivity contribution in [1.29, 1.82) is 0 Å². The highest BCUT2D eigenvalue weighted by Gasteiger charge is 2.10. The molecule has 25 heavy (non-hydrogen) atoms. The second kappa shape index (κ2) is 7.71. The van der Waals surface area contributed by atoms with E-state index in [0.717, 1.165) is 22.6 Å². The van der Waals surface area contributed by atoms with Gasteiger partial charge in [-0.2, -0.15) is 0 Å². The van der Waals surface area contributed by atoms with Gasteiger partial charge in [-0.25, -0.2) is 0 Å². The Balaban J connectivity index is 1.59. The number of hydrogen-bond acceptors (Lipinski definition) is 2. The van der Waals surface area contributed by atoms with Gasteiger partial charge in [-0.05, 0) is 47.5 Å². The molecule has 0 fully saturated rings. The predicted molar refractivity (Wildman–Crippen MR) is 98.9 cm³/mol. The molecule has 1 heterocycles. The van der Waals surface area contributed by atoms with Crippen LogP contribution in [0, 0.1) is 0 Å². The number of nitrogens with zero attached hydrogens (tertiary/aromatic N) is 2. The second-order valence-electron chi connectivity index (χ2n) is 6.03. The SMILES string of the molecule is COc1ccc(CN(C)C(=O)Cc2ccc(-n3cccc3)cc2)cc1. The Morgan fingerprint density at radius 1 is 0.960 bits per heavy atom. The van der Waals surface area contributed by atoms with E-state index in [-0.39, 0.29) is 5.91 Å². The zero-order valence-electron chi connectivity index (χ0n) is 14.6. The lowest BCUT2D eigenvalue weighted by Crippen LogP contribution is -2.27. The van der Waals surface area contributed by atoms with Crippen molar-refractivity contribution in [3.8, 4) is 11.4 Å². The van der Waals surface area contributed by atoms with Crippen LogP contribution in [0.25, 0.3) is 5.69 Å². The van der Waals surface area contributed by atoms with Crippen molar-refractivity contribution in [1.82, 2.24) is 9.47 Å². The Hall–Kier alpha value is -3.01. The van der Waals surface area contributed by atoms with Crippen molar-refractivity contribution in [2.75, 3.05) is 14.2 Å². The third-order valence-corrected chi connectivity index (χ3v) is 4.20. The van der Waals surface area contributed by atoms with Gasteiger partial charge in [0.25, 0.3) is 0 Å². The molecule has 0 spiro atoms. The Morgan fingerprint density at radius 3 is 2.16 bits per heavy atom. The minimum Gasteiger partial charge on any atom is -0.497 e. The number of rotatable bonds is 6. The van der Waals surface area contributed by atoms with Gasteiger partial charge in [0.1, 0.15) is 5.75 Å². The quantitative estimate of drug-likeness (QED) is 0.689. The van der Waals surface area contributed by atoms with Crippen molar-refractivity contribution in [2.45, 2.75) is 13.0 Å². The number of amides is 1. The summed E-state index contributed by atoms with van der Waals surface area (Å²) in [6.45, 7) is 0.588. The van der Waals surface area contributed by atoms with Crippen molar-refractivity contribution in [3.05, 3.63) is 84.2 Å². The minimum atomic E-state index is 0.101. The molecule has 0 saturated carbocycles. The summed E-state index contributed by atoms with van der Waals surface area (Å²) >= 11 is 0. The number of ether oxygens (including phenoxy) is 1. The van der Waals surface area contributed by atoms with Gasteiger partial charge in [0.15, 0.2) is 0 Å². The lowest BCUT2D eigenvalue weighted by Gasteiger charge is -2.17. The van der Waals surface area contributed by atoms with Gasteiger partial charge in [-0.15, -0.1) is 0 Å². The molecule has 3 aromatic rings. The molecule has 0 radical (unpaired) electrons. The molecule has 0 aliphatic heterocycles. The standard InChI is InChI=1S/C21H22N2O2/c1-22(16-18-7-11-20(25-2)12-8-18)21(24)15-17-5-9-19(10-6-17)23-13-3-4-14-23/h3-14H,15-16H2,1-2H3. The third kappa shape index (κ3) is 4.29. The Morgan fingerprint density at radius 2 is 1.56 bits per heavy atom. The third-order valence-electron chi connectivity index (χ3n) is 4.20. The van der Waals surface area contributed by atoms with Crippen LogP contribution in [0.15, 0.2) is 73.1 Å². The largest absolute Gasteiger partial charge is 0.497 e. The first-order valence-corrected chi connectivity index (χ1v) is 8.25. The maximum atomic E-state index is 12.4. The number of hydrogen-bond donors (Lipinski definition) is 0. The van der Waals surface area contributed by atoms with Gasteiger partial charge in [0, 0.05) is 31.7 Å². The summed E-state index contributed by atoms with van der Waals surface area (Å²) in [5.41, 5.74) is 3.19. The molecule has 4 nitrogen and oxygen atoms in total. The van der Waals surface area contributed by atoms with Crippen molar-refractivity contribution in [2.24, 2.45) is 0 Å². The first-order valence-electron chi connectivity index (χ1n) is 8.25. The van der Waals surface area contributed by atoms with Gasteiger partial charge in [-0.3, -0.25) is 4.79 Å². The van der Waals surface area contributed by atoms with Crippen LogP contribution in [0.2, 0.25) is 0 Å². The Labute approximate surface area is 148 Å². The Bertz CT molecular complexity index is 806. The molecule has 0 aliphatic rings. The van der Waals surface area contributed by atoms with Gasteiger partial charge in [0.05, 0.1) is 13.5 Å². The lowest BCUT2D eigenvalue weighted by atomic mass is 10.1. The van der Waals surface area contributed by atoms with E-state index in [9.17, 15) is 4.79 Å². The average molecular weight is 334 g/mol. The predicted octanol–water partition coefficient (Wildman–Crippen LogP) is 3.69. The van der Waals surface area contributed by atoms with Crippen LogP contribution in [0.1, 0.15) is 11.1 Å². The number of aromatic nitrogens is 1. The van der Waals surface area contributed by atoms with Crippen LogP contribution in [0.4, 0.5) is 0 Å². The highest BCUT2D eigenvalue weighted by molar-refractivity contribution is 5.78. The normalized spacial score (nSPS) is 10.5. The molecule has 1 amide bonds. The summed E-state index contributed by atoms with van der Waals surface area (Å²) in [6, 6.07) is 19.8. The molecule has 0 unspecified atom stereocenters. The highest BCUT2D eigenvalue weighted by Crippen LogP contribution is 2.14. The molecule has 0 saturated heterocycles. The van der Waals surface area contributed by atoms with Crippen LogP contribution in [0.3, 0.4) is 0 Å². The van der Waals surface area contributed by atoms with Crippen molar-refractivity contribution in [3.63, 3.8) is 0 Å². The number of likely N-dealkylation sites (N-methyl/N-ethyl adjacent to an activating group) is 1. The first-order chi connectivity index (χ1) is 12.2. The molecule has 1 aromatic heterocycles. The topological polar surface area (TPSA) is 34.5 Å². The van der Waals surface area contributed by atoms with E-state index in [2.05, 4.69) is 0 Å². The van der Waals surface area contributed by atoms with Gasteiger partial charge in [-0.1, -0.05) is 24.3 Å². The van der Waals surface area contributed by atoms with Crippen LogP contribution in [-0.4, -0.2) is 29.5 Å². The zero-order chi connectivity index (χ0) is 17.6. The monoisotopic (exact) mass is 334 g/mol. The highest BCUT2D eigenvalue weighted by atomic mass is 16.5. The molecule has 3 rings (SSSR count). The smallest absolute Gasteiger partial charge is 0.227 e. The molecule has 2 aromatic carbocycles. The number of carbonyl (C=O) groups excluding carboxylic acids is 1. The summed E-state index contributed by atoms with van der Waals surface area (Å²) in [5.74, 6) is 0.921. The minimum absolute atomic E-state index is 0.101. The fourth-order valence-corrected chi connectivity index (χ4v) is 2.70. The molecule has 4 heteroatoms. The van der Waals surface area contributed by atoms with Crippen molar-refractivity contribution >= 4 is 5.91 Å². The van der Waals surface area contributed by atoms with E-state index < -0.39 is 0 Å². The molecule has 0 atom stereocenters. The molecule has 128 valence electrons. The van der Waals surface area contributed by atoms with E-state index in [4.69, 9.17) is 4.74 Å². The molecular formula is C21H22N2O2. The maximum absolute atomic E-state index is 12.4. The van der Waals surface area contributed by atoms with E-state index in [1.165, 1.54) is 0 Å². The van der Waals surface area contributed by atoms with Crippen LogP contribution in [0.5, 0.6) is 5.75 Å². The van der Waals surface area contributed by atoms with Crippen LogP contribution in [-0.2, 0) is 17.8 Å². The summed E-state index contributed by atoms with van der Waals surface area (Å²) in [4.78, 5) is 14.2. The maximum Gasteiger partial charge on any atom is 0.227 e. The lowest BCUT2D eigenvalue weighted by molar-refractivity contribution is -0.129. The zero-order valence-corrected chi connectivity index (χ0v) is 14.6. The Kier molecular flexibility index (Phi) is 5.19. The van der Waals surface area contributed by atoms with Gasteiger partial charge < -0.3 is 14.2 Å². The van der Waals surface area contributed by atoms with Gasteiger partial charge >= 0.3 is 0 Å². The van der Waals surface area contributed by atoms with Crippen molar-refractivity contribution < 1.29 is 9.53 Å². The number of carbonyl (C=O) groups is 1. The summed E-state index contributed by atoms with van der Waals surface area (Å²) in [6.07, 6.45) is 4.41. The fraction of sp³-hybridized carbons (Fsp3) is 0.190. The van der Waals surface area contributed by atoms with Crippen LogP contribution < -0.4 is 4.74 Å². The van der Waals surface area contributed by atoms with E-state index >= 15 is 0 Å². The number of methoxy groups -OCH3 is 1. The summed E-state index contributed by atoms with van der Waals surface area (Å²) in [5, 5.41) is 0. The fourth-order valence-electron chi connectivity index (χ4n) is 2.70. The summed E-state index contributed by atoms with van der Waals surface area (Å²) < 4.78 is 7.20. The van der Waals surface area contributed by atoms with E-state index in [1.807, 2.05) is 84.7 Å². The van der Waals surface area contributed by atoms with Crippen LogP contribution >= 0.6 is 0 Å². The second-order valence-corrected chi connectivity index (χ2v) is 6.03. The molecule has 0 bridgehead atoms. The van der Waals surface area contributed by atoms with E-state index in [0.29, 0.717) is 13.0 Å². The molecule has 0 N–H and O–H groups in total. The average Bonchev–Trinajstić information content (AvgIpc) is 3.17. The number of benzene rings is 2. The first kappa shape index (κ1) is 16.8. The van der Waals surface area contributed by atoms with E-state index in [1.54, 1.807) is 12.0 Å².